The van der Waals surface area contributed by atoms with E-state index >= 15 is 0 Å². The van der Waals surface area contributed by atoms with Crippen LogP contribution in [0.15, 0.2) is 18.2 Å². The number of benzene rings is 1. The van der Waals surface area contributed by atoms with Crippen molar-refractivity contribution < 1.29 is 14.2 Å². The molecule has 0 aliphatic carbocycles. The molecule has 1 rings (SSSR count). The minimum absolute atomic E-state index is 0.0901. The highest BCUT2D eigenvalue weighted by atomic mass is 16.5. The first kappa shape index (κ1) is 16.8. The Morgan fingerprint density at radius 2 is 1.80 bits per heavy atom. The molecule has 4 nitrogen and oxygen atoms in total. The van der Waals surface area contributed by atoms with Crippen LogP contribution in [0.25, 0.3) is 0 Å². The van der Waals surface area contributed by atoms with Crippen molar-refractivity contribution >= 4 is 0 Å². The van der Waals surface area contributed by atoms with Gasteiger partial charge in [-0.25, -0.2) is 0 Å². The van der Waals surface area contributed by atoms with E-state index in [2.05, 4.69) is 25.2 Å². The Labute approximate surface area is 122 Å². The second kappa shape index (κ2) is 7.50. The van der Waals surface area contributed by atoms with E-state index in [1.165, 1.54) is 0 Å². The van der Waals surface area contributed by atoms with Gasteiger partial charge in [-0.3, -0.25) is 0 Å². The molecule has 0 heterocycles. The molecule has 1 aromatic carbocycles. The van der Waals surface area contributed by atoms with Crippen molar-refractivity contribution in [2.75, 3.05) is 27.9 Å². The molecule has 0 saturated carbocycles. The molecule has 2 unspecified atom stereocenters. The number of likely N-dealkylation sites (N-methyl/N-ethyl adjacent to an activating group) is 1. The van der Waals surface area contributed by atoms with Crippen LogP contribution < -0.4 is 14.8 Å². The van der Waals surface area contributed by atoms with E-state index < -0.39 is 0 Å². The molecule has 1 aromatic rings. The van der Waals surface area contributed by atoms with Gasteiger partial charge in [0.1, 0.15) is 0 Å². The van der Waals surface area contributed by atoms with Crippen LogP contribution in [0, 0.1) is 0 Å². The predicted molar refractivity (Wildman–Crippen MR) is 81.7 cm³/mol. The van der Waals surface area contributed by atoms with E-state index in [9.17, 15) is 0 Å². The molecule has 0 aliphatic heterocycles. The number of rotatable bonds is 8. The number of methoxy groups -OCH3 is 2. The van der Waals surface area contributed by atoms with Crippen molar-refractivity contribution in [2.45, 2.75) is 38.8 Å². The lowest BCUT2D eigenvalue weighted by atomic mass is 9.87. The van der Waals surface area contributed by atoms with Crippen molar-refractivity contribution in [1.29, 1.82) is 0 Å². The van der Waals surface area contributed by atoms with E-state index in [1.807, 2.05) is 26.1 Å². The summed E-state index contributed by atoms with van der Waals surface area (Å²) in [6.45, 7) is 6.99. The molecule has 1 N–H and O–H groups in total. The molecule has 0 amide bonds. The predicted octanol–water partition coefficient (Wildman–Crippen LogP) is 3.17. The summed E-state index contributed by atoms with van der Waals surface area (Å²) < 4.78 is 16.7. The van der Waals surface area contributed by atoms with Gasteiger partial charge in [0, 0.05) is 6.61 Å². The average molecular weight is 281 g/mol. The fourth-order valence-corrected chi connectivity index (χ4v) is 2.58. The maximum absolute atomic E-state index is 5.98. The second-order valence-electron chi connectivity index (χ2n) is 4.94. The zero-order valence-electron chi connectivity index (χ0n) is 13.4. The molecule has 0 aliphatic rings. The highest BCUT2D eigenvalue weighted by Gasteiger charge is 2.33. The largest absolute Gasteiger partial charge is 0.493 e. The molecule has 0 radical (unpaired) electrons. The van der Waals surface area contributed by atoms with Crippen LogP contribution >= 0.6 is 0 Å². The first-order valence-corrected chi connectivity index (χ1v) is 7.09. The number of hydrogen-bond acceptors (Lipinski definition) is 4. The molecule has 0 spiro atoms. The molecule has 4 heteroatoms. The molecular formula is C16H27NO3. The minimum atomic E-state index is -0.261. The molecule has 0 aromatic heterocycles. The van der Waals surface area contributed by atoms with Crippen molar-refractivity contribution in [3.05, 3.63) is 23.8 Å². The third kappa shape index (κ3) is 3.44. The third-order valence-corrected chi connectivity index (χ3v) is 3.82. The third-order valence-electron chi connectivity index (χ3n) is 3.82. The van der Waals surface area contributed by atoms with Crippen molar-refractivity contribution in [1.82, 2.24) is 5.32 Å². The van der Waals surface area contributed by atoms with Gasteiger partial charge in [-0.15, -0.1) is 0 Å². The van der Waals surface area contributed by atoms with Crippen molar-refractivity contribution in [3.63, 3.8) is 0 Å². The highest BCUT2D eigenvalue weighted by Crippen LogP contribution is 2.36. The van der Waals surface area contributed by atoms with E-state index in [4.69, 9.17) is 14.2 Å². The van der Waals surface area contributed by atoms with Crippen LogP contribution in [0.4, 0.5) is 0 Å². The fraction of sp³-hybridized carbons (Fsp3) is 0.625. The second-order valence-corrected chi connectivity index (χ2v) is 4.94. The number of ether oxygens (including phenoxy) is 3. The highest BCUT2D eigenvalue weighted by molar-refractivity contribution is 5.44. The van der Waals surface area contributed by atoms with Gasteiger partial charge in [-0.2, -0.15) is 0 Å². The summed E-state index contributed by atoms with van der Waals surface area (Å²) in [5.74, 6) is 1.47. The minimum Gasteiger partial charge on any atom is -0.493 e. The van der Waals surface area contributed by atoms with E-state index in [0.717, 1.165) is 23.5 Å². The zero-order chi connectivity index (χ0) is 15.2. The molecular weight excluding hydrogens is 254 g/mol. The van der Waals surface area contributed by atoms with Gasteiger partial charge in [-0.05, 0) is 45.0 Å². The summed E-state index contributed by atoms with van der Waals surface area (Å²) in [4.78, 5) is 0. The maximum Gasteiger partial charge on any atom is 0.161 e. The zero-order valence-corrected chi connectivity index (χ0v) is 13.4. The number of hydrogen-bond donors (Lipinski definition) is 1. The molecule has 0 fully saturated rings. The first-order valence-electron chi connectivity index (χ1n) is 7.09. The summed E-state index contributed by atoms with van der Waals surface area (Å²) >= 11 is 0. The number of nitrogens with one attached hydrogen (secondary N) is 1. The van der Waals surface area contributed by atoms with E-state index in [0.29, 0.717) is 6.61 Å². The summed E-state index contributed by atoms with van der Waals surface area (Å²) in [7, 11) is 5.25. The standard InChI is InChI=1S/C16H27NO3/c1-7-16(3,20-8-2)15(17-4)12-9-10-13(18-5)14(11-12)19-6/h9-11,15,17H,7-8H2,1-6H3. The Balaban J connectivity index is 3.17. The summed E-state index contributed by atoms with van der Waals surface area (Å²) in [6, 6.07) is 6.08. The quantitative estimate of drug-likeness (QED) is 0.794. The van der Waals surface area contributed by atoms with E-state index in [1.54, 1.807) is 14.2 Å². The summed E-state index contributed by atoms with van der Waals surface area (Å²) in [5, 5.41) is 3.36. The lowest BCUT2D eigenvalue weighted by Crippen LogP contribution is -2.42. The van der Waals surface area contributed by atoms with Crippen LogP contribution in [-0.2, 0) is 4.74 Å². The Bertz CT molecular complexity index is 422. The van der Waals surface area contributed by atoms with Gasteiger partial charge in [0.15, 0.2) is 11.5 Å². The first-order chi connectivity index (χ1) is 9.56. The van der Waals surface area contributed by atoms with Gasteiger partial charge in [0.2, 0.25) is 0 Å². The maximum atomic E-state index is 5.98. The normalized spacial score (nSPS) is 15.5. The van der Waals surface area contributed by atoms with Gasteiger partial charge >= 0.3 is 0 Å². The van der Waals surface area contributed by atoms with E-state index in [-0.39, 0.29) is 11.6 Å². The van der Waals surface area contributed by atoms with Gasteiger partial charge < -0.3 is 19.5 Å². The Morgan fingerprint density at radius 3 is 2.25 bits per heavy atom. The summed E-state index contributed by atoms with van der Waals surface area (Å²) in [5.41, 5.74) is 0.867. The monoisotopic (exact) mass is 281 g/mol. The fourth-order valence-electron chi connectivity index (χ4n) is 2.58. The Kier molecular flexibility index (Phi) is 6.30. The van der Waals surface area contributed by atoms with Crippen LogP contribution in [0.2, 0.25) is 0 Å². The molecule has 20 heavy (non-hydrogen) atoms. The van der Waals surface area contributed by atoms with Gasteiger partial charge in [0.25, 0.3) is 0 Å². The topological polar surface area (TPSA) is 39.7 Å². The summed E-state index contributed by atoms with van der Waals surface area (Å²) in [6.07, 6.45) is 0.917. The molecule has 114 valence electrons. The van der Waals surface area contributed by atoms with Crippen molar-refractivity contribution in [2.24, 2.45) is 0 Å². The van der Waals surface area contributed by atoms with Crippen molar-refractivity contribution in [3.8, 4) is 11.5 Å². The molecule has 0 saturated heterocycles. The SMILES string of the molecule is CCOC(C)(CC)C(NC)c1ccc(OC)c(OC)c1. The Hall–Kier alpha value is -1.26. The van der Waals surface area contributed by atoms with Gasteiger partial charge in [0.05, 0.1) is 25.9 Å². The Morgan fingerprint density at radius 1 is 1.15 bits per heavy atom. The average Bonchev–Trinajstić information content (AvgIpc) is 2.47. The van der Waals surface area contributed by atoms with Crippen LogP contribution in [0.1, 0.15) is 38.8 Å². The smallest absolute Gasteiger partial charge is 0.161 e. The van der Waals surface area contributed by atoms with Gasteiger partial charge in [-0.1, -0.05) is 13.0 Å². The van der Waals surface area contributed by atoms with Crippen LogP contribution in [0.3, 0.4) is 0 Å². The molecule has 0 bridgehead atoms. The lowest BCUT2D eigenvalue weighted by Gasteiger charge is -2.37. The van der Waals surface area contributed by atoms with Crippen LogP contribution in [0.5, 0.6) is 11.5 Å². The molecule has 2 atom stereocenters. The van der Waals surface area contributed by atoms with Crippen LogP contribution in [-0.4, -0.2) is 33.5 Å². The lowest BCUT2D eigenvalue weighted by molar-refractivity contribution is -0.0547.